The van der Waals surface area contributed by atoms with E-state index in [0.717, 1.165) is 5.56 Å². The molecular weight excluding hydrogens is 380 g/mol. The van der Waals surface area contributed by atoms with Crippen LogP contribution in [-0.4, -0.2) is 33.8 Å². The van der Waals surface area contributed by atoms with Crippen LogP contribution in [0.2, 0.25) is 0 Å². The summed E-state index contributed by atoms with van der Waals surface area (Å²) in [4.78, 5) is 24.9. The van der Waals surface area contributed by atoms with E-state index in [2.05, 4.69) is 64.9 Å². The number of likely N-dealkylation sites (tertiary alicyclic amines) is 1. The molecule has 1 aromatic heterocycles. The molecule has 0 saturated carbocycles. The summed E-state index contributed by atoms with van der Waals surface area (Å²) >= 11 is 0. The van der Waals surface area contributed by atoms with Crippen molar-refractivity contribution in [2.45, 2.75) is 83.6 Å². The third kappa shape index (κ3) is 4.97. The molecule has 0 unspecified atom stereocenters. The number of nitrogens with zero attached hydrogens (tertiary/aromatic N) is 1. The van der Waals surface area contributed by atoms with E-state index in [1.807, 2.05) is 0 Å². The minimum Gasteiger partial charge on any atom is -0.465 e. The number of amides is 1. The predicted octanol–water partition coefficient (Wildman–Crippen LogP) is 5.03. The first-order valence-electron chi connectivity index (χ1n) is 10.7. The van der Waals surface area contributed by atoms with Crippen LogP contribution in [0, 0.1) is 0 Å². The highest BCUT2D eigenvalue weighted by molar-refractivity contribution is 5.65. The lowest BCUT2D eigenvalue weighted by atomic mass is 9.78. The summed E-state index contributed by atoms with van der Waals surface area (Å²) in [6.45, 7) is 13.6. The first kappa shape index (κ1) is 22.2. The van der Waals surface area contributed by atoms with Crippen molar-refractivity contribution in [1.82, 2.24) is 10.1 Å². The van der Waals surface area contributed by atoms with Crippen LogP contribution in [-0.2, 0) is 17.3 Å². The molecular formula is C24H34N2O4. The van der Waals surface area contributed by atoms with Gasteiger partial charge in [-0.05, 0) is 46.8 Å². The summed E-state index contributed by atoms with van der Waals surface area (Å²) in [5, 5.41) is 12.1. The lowest BCUT2D eigenvalue weighted by Gasteiger charge is -2.37. The number of H-pyrrole nitrogens is 1. The van der Waals surface area contributed by atoms with E-state index >= 15 is 0 Å². The Bertz CT molecular complexity index is 926. The Balaban J connectivity index is 1.94. The Morgan fingerprint density at radius 2 is 1.70 bits per heavy atom. The van der Waals surface area contributed by atoms with Gasteiger partial charge in [0.15, 0.2) is 0 Å². The first-order chi connectivity index (χ1) is 13.8. The minimum absolute atomic E-state index is 0.00608. The molecule has 1 saturated heterocycles. The topological polar surface area (TPSA) is 86.5 Å². The molecule has 2 aromatic rings. The molecule has 1 aliphatic rings. The second-order valence-corrected chi connectivity index (χ2v) is 10.6. The number of carboxylic acid groups (broad SMARTS) is 1. The van der Waals surface area contributed by atoms with Crippen molar-refractivity contribution in [2.24, 2.45) is 0 Å². The number of benzene rings is 1. The Morgan fingerprint density at radius 3 is 2.17 bits per heavy atom. The van der Waals surface area contributed by atoms with Gasteiger partial charge in [0.25, 0.3) is 5.56 Å². The van der Waals surface area contributed by atoms with Crippen molar-refractivity contribution in [3.63, 3.8) is 0 Å². The van der Waals surface area contributed by atoms with E-state index in [-0.39, 0.29) is 28.3 Å². The normalized spacial score (nSPS) is 20.4. The fraction of sp³-hybridized carbons (Fsp3) is 0.583. The van der Waals surface area contributed by atoms with Crippen LogP contribution in [0.3, 0.4) is 0 Å². The molecule has 1 aliphatic heterocycles. The lowest BCUT2D eigenvalue weighted by molar-refractivity contribution is 0.0968. The van der Waals surface area contributed by atoms with Crippen LogP contribution in [0.4, 0.5) is 4.79 Å². The average Bonchev–Trinajstić information content (AvgIpc) is 3.06. The zero-order chi connectivity index (χ0) is 22.3. The number of hydrogen-bond acceptors (Lipinski definition) is 3. The third-order valence-corrected chi connectivity index (χ3v) is 6.10. The van der Waals surface area contributed by atoms with E-state index in [1.165, 1.54) is 17.2 Å². The lowest BCUT2D eigenvalue weighted by Crippen LogP contribution is -2.46. The van der Waals surface area contributed by atoms with Gasteiger partial charge in [0.05, 0.1) is 0 Å². The molecule has 2 atom stereocenters. The average molecular weight is 415 g/mol. The van der Waals surface area contributed by atoms with Crippen LogP contribution in [0.1, 0.15) is 82.8 Å². The molecule has 1 aromatic carbocycles. The number of carbonyl (C=O) groups is 1. The van der Waals surface area contributed by atoms with E-state index < -0.39 is 6.09 Å². The quantitative estimate of drug-likeness (QED) is 0.737. The maximum absolute atomic E-state index is 11.9. The third-order valence-electron chi connectivity index (χ3n) is 6.10. The van der Waals surface area contributed by atoms with Crippen molar-refractivity contribution >= 4 is 6.09 Å². The molecule has 30 heavy (non-hydrogen) atoms. The highest BCUT2D eigenvalue weighted by atomic mass is 16.5. The Kier molecular flexibility index (Phi) is 5.89. The fourth-order valence-electron chi connectivity index (χ4n) is 4.20. The van der Waals surface area contributed by atoms with E-state index in [4.69, 9.17) is 4.52 Å². The Morgan fingerprint density at radius 1 is 1.10 bits per heavy atom. The number of rotatable bonds is 3. The molecule has 0 radical (unpaired) electrons. The van der Waals surface area contributed by atoms with E-state index in [1.54, 1.807) is 4.90 Å². The van der Waals surface area contributed by atoms with Crippen LogP contribution in [0.25, 0.3) is 0 Å². The summed E-state index contributed by atoms with van der Waals surface area (Å²) in [6, 6.07) is 8.03. The fourth-order valence-corrected chi connectivity index (χ4v) is 4.20. The summed E-state index contributed by atoms with van der Waals surface area (Å²) in [6.07, 6.45) is 1.04. The van der Waals surface area contributed by atoms with Crippen LogP contribution in [0.5, 0.6) is 0 Å². The van der Waals surface area contributed by atoms with Gasteiger partial charge in [0.1, 0.15) is 5.76 Å². The van der Waals surface area contributed by atoms with Gasteiger partial charge in [-0.1, -0.05) is 59.7 Å². The summed E-state index contributed by atoms with van der Waals surface area (Å²) in [5.41, 5.74) is 3.43. The molecule has 0 aliphatic carbocycles. The number of piperidine rings is 1. The SMILES string of the molecule is CC(C)(C)c1cc(C[C@@H]2C[C@H](c3cc(=O)[nH]o3)CCN2C(=O)O)cc(C(C)(C)C)c1. The molecule has 0 spiro atoms. The largest absolute Gasteiger partial charge is 0.465 e. The number of aromatic amines is 1. The minimum atomic E-state index is -0.892. The summed E-state index contributed by atoms with van der Waals surface area (Å²) in [5.74, 6) is 0.659. The summed E-state index contributed by atoms with van der Waals surface area (Å²) in [7, 11) is 0. The zero-order valence-electron chi connectivity index (χ0n) is 18.9. The van der Waals surface area contributed by atoms with Crippen molar-refractivity contribution in [3.05, 3.63) is 57.1 Å². The van der Waals surface area contributed by atoms with Gasteiger partial charge in [-0.15, -0.1) is 0 Å². The molecule has 2 heterocycles. The van der Waals surface area contributed by atoms with E-state index in [0.29, 0.717) is 31.6 Å². The molecule has 164 valence electrons. The van der Waals surface area contributed by atoms with Gasteiger partial charge in [-0.25, -0.2) is 4.79 Å². The molecule has 6 nitrogen and oxygen atoms in total. The van der Waals surface area contributed by atoms with Crippen molar-refractivity contribution < 1.29 is 14.4 Å². The first-order valence-corrected chi connectivity index (χ1v) is 10.7. The molecule has 1 fully saturated rings. The van der Waals surface area contributed by atoms with Crippen LogP contribution in [0.15, 0.2) is 33.6 Å². The molecule has 3 rings (SSSR count). The van der Waals surface area contributed by atoms with Gasteiger partial charge in [0, 0.05) is 24.6 Å². The van der Waals surface area contributed by atoms with Gasteiger partial charge < -0.3 is 14.5 Å². The number of hydrogen-bond donors (Lipinski definition) is 2. The second kappa shape index (κ2) is 7.97. The van der Waals surface area contributed by atoms with Gasteiger partial charge >= 0.3 is 6.09 Å². The number of nitrogens with one attached hydrogen (secondary N) is 1. The monoisotopic (exact) mass is 414 g/mol. The smallest absolute Gasteiger partial charge is 0.407 e. The predicted molar refractivity (Wildman–Crippen MR) is 117 cm³/mol. The van der Waals surface area contributed by atoms with Crippen molar-refractivity contribution in [2.75, 3.05) is 6.54 Å². The molecule has 2 N–H and O–H groups in total. The van der Waals surface area contributed by atoms with Crippen LogP contribution < -0.4 is 5.56 Å². The Hall–Kier alpha value is -2.50. The zero-order valence-corrected chi connectivity index (χ0v) is 18.9. The van der Waals surface area contributed by atoms with Gasteiger partial charge in [-0.2, -0.15) is 5.16 Å². The second-order valence-electron chi connectivity index (χ2n) is 10.6. The highest BCUT2D eigenvalue weighted by Gasteiger charge is 2.34. The number of aromatic nitrogens is 1. The molecule has 6 heteroatoms. The maximum Gasteiger partial charge on any atom is 0.407 e. The maximum atomic E-state index is 11.9. The Labute approximate surface area is 178 Å². The standard InChI is InChI=1S/C24H34N2O4/c1-23(2,3)17-9-15(10-18(13-17)24(4,5)6)11-19-12-16(7-8-26(19)22(28)29)20-14-21(27)25-30-20/h9-10,13-14,16,19H,7-8,11-12H2,1-6H3,(H,25,27)(H,28,29)/t16-,19-/m1/s1. The summed E-state index contributed by atoms with van der Waals surface area (Å²) < 4.78 is 5.32. The van der Waals surface area contributed by atoms with Crippen molar-refractivity contribution in [1.29, 1.82) is 0 Å². The molecule has 1 amide bonds. The highest BCUT2D eigenvalue weighted by Crippen LogP contribution is 2.35. The van der Waals surface area contributed by atoms with Gasteiger partial charge in [-0.3, -0.25) is 4.79 Å². The van der Waals surface area contributed by atoms with Crippen molar-refractivity contribution in [3.8, 4) is 0 Å². The van der Waals surface area contributed by atoms with Gasteiger partial charge in [0.2, 0.25) is 0 Å². The van der Waals surface area contributed by atoms with Crippen LogP contribution >= 0.6 is 0 Å². The molecule has 0 bridgehead atoms. The van der Waals surface area contributed by atoms with E-state index in [9.17, 15) is 14.7 Å².